The molecule has 0 fully saturated rings. The standard InChI is InChI=1S/C15H16Cl2N2O2/c1-4-10-14(16)18-13(19-15(10)17)8-9-5-6-11(20-2)12(7-9)21-3/h5-7H,4,8H2,1-3H3. The first-order valence-corrected chi connectivity index (χ1v) is 7.26. The number of hydrogen-bond acceptors (Lipinski definition) is 4. The second kappa shape index (κ2) is 6.96. The molecule has 2 aromatic rings. The van der Waals surface area contributed by atoms with Crippen molar-refractivity contribution in [2.75, 3.05) is 14.2 Å². The van der Waals surface area contributed by atoms with Gasteiger partial charge in [-0.15, -0.1) is 0 Å². The number of benzene rings is 1. The monoisotopic (exact) mass is 326 g/mol. The van der Waals surface area contributed by atoms with Gasteiger partial charge >= 0.3 is 0 Å². The van der Waals surface area contributed by atoms with Gasteiger partial charge < -0.3 is 9.47 Å². The maximum atomic E-state index is 6.13. The molecule has 0 aliphatic carbocycles. The van der Waals surface area contributed by atoms with Gasteiger partial charge in [-0.05, 0) is 24.1 Å². The highest BCUT2D eigenvalue weighted by atomic mass is 35.5. The van der Waals surface area contributed by atoms with Crippen LogP contribution in [0.25, 0.3) is 0 Å². The average molecular weight is 327 g/mol. The van der Waals surface area contributed by atoms with Crippen molar-refractivity contribution >= 4 is 23.2 Å². The van der Waals surface area contributed by atoms with E-state index < -0.39 is 0 Å². The Morgan fingerprint density at radius 2 is 1.62 bits per heavy atom. The van der Waals surface area contributed by atoms with Crippen molar-refractivity contribution in [2.45, 2.75) is 19.8 Å². The minimum absolute atomic E-state index is 0.410. The Morgan fingerprint density at radius 3 is 2.14 bits per heavy atom. The Balaban J connectivity index is 2.30. The van der Waals surface area contributed by atoms with Gasteiger partial charge in [-0.25, -0.2) is 9.97 Å². The number of nitrogens with zero attached hydrogens (tertiary/aromatic N) is 2. The summed E-state index contributed by atoms with van der Waals surface area (Å²) < 4.78 is 10.5. The van der Waals surface area contributed by atoms with E-state index in [2.05, 4.69) is 9.97 Å². The second-order valence-electron chi connectivity index (χ2n) is 4.42. The summed E-state index contributed by atoms with van der Waals surface area (Å²) in [5.74, 6) is 1.92. The van der Waals surface area contributed by atoms with E-state index in [1.165, 1.54) is 0 Å². The zero-order valence-corrected chi connectivity index (χ0v) is 13.6. The first kappa shape index (κ1) is 15.9. The predicted octanol–water partition coefficient (Wildman–Crippen LogP) is 3.95. The molecule has 2 rings (SSSR count). The van der Waals surface area contributed by atoms with Crippen LogP contribution in [-0.2, 0) is 12.8 Å². The SMILES string of the molecule is CCc1c(Cl)nc(Cc2ccc(OC)c(OC)c2)nc1Cl. The fraction of sp³-hybridized carbons (Fsp3) is 0.333. The lowest BCUT2D eigenvalue weighted by atomic mass is 10.1. The summed E-state index contributed by atoms with van der Waals surface area (Å²) >= 11 is 12.3. The van der Waals surface area contributed by atoms with Crippen LogP contribution in [0.1, 0.15) is 23.9 Å². The van der Waals surface area contributed by atoms with E-state index in [4.69, 9.17) is 32.7 Å². The van der Waals surface area contributed by atoms with E-state index in [0.717, 1.165) is 11.1 Å². The third kappa shape index (κ3) is 3.57. The number of hydrogen-bond donors (Lipinski definition) is 0. The number of ether oxygens (including phenoxy) is 2. The highest BCUT2D eigenvalue weighted by molar-refractivity contribution is 6.34. The summed E-state index contributed by atoms with van der Waals surface area (Å²) in [7, 11) is 3.20. The number of methoxy groups -OCH3 is 2. The zero-order valence-electron chi connectivity index (χ0n) is 12.1. The second-order valence-corrected chi connectivity index (χ2v) is 5.14. The summed E-state index contributed by atoms with van der Waals surface area (Å²) in [6, 6.07) is 5.66. The normalized spacial score (nSPS) is 10.5. The Kier molecular flexibility index (Phi) is 5.26. The third-order valence-corrected chi connectivity index (χ3v) is 3.74. The average Bonchev–Trinajstić information content (AvgIpc) is 2.46. The van der Waals surface area contributed by atoms with E-state index in [0.29, 0.717) is 40.5 Å². The van der Waals surface area contributed by atoms with Crippen molar-refractivity contribution in [2.24, 2.45) is 0 Å². The van der Waals surface area contributed by atoms with Gasteiger partial charge in [0.05, 0.1) is 14.2 Å². The topological polar surface area (TPSA) is 44.2 Å². The minimum Gasteiger partial charge on any atom is -0.493 e. The van der Waals surface area contributed by atoms with Crippen molar-refractivity contribution in [1.82, 2.24) is 9.97 Å². The molecule has 0 atom stereocenters. The van der Waals surface area contributed by atoms with Crippen molar-refractivity contribution in [3.8, 4) is 11.5 Å². The molecule has 0 aliphatic heterocycles. The summed E-state index contributed by atoms with van der Waals surface area (Å²) in [4.78, 5) is 8.59. The van der Waals surface area contributed by atoms with Crippen molar-refractivity contribution in [3.05, 3.63) is 45.5 Å². The molecule has 112 valence electrons. The van der Waals surface area contributed by atoms with Crippen LogP contribution in [0.2, 0.25) is 10.3 Å². The van der Waals surface area contributed by atoms with Gasteiger partial charge in [0.2, 0.25) is 0 Å². The smallest absolute Gasteiger partial charge is 0.161 e. The van der Waals surface area contributed by atoms with Gasteiger partial charge in [0.15, 0.2) is 11.5 Å². The first-order valence-electron chi connectivity index (χ1n) is 6.50. The van der Waals surface area contributed by atoms with E-state index in [9.17, 15) is 0 Å². The van der Waals surface area contributed by atoms with Crippen LogP contribution in [0.3, 0.4) is 0 Å². The van der Waals surface area contributed by atoms with Crippen molar-refractivity contribution < 1.29 is 9.47 Å². The van der Waals surface area contributed by atoms with Crippen LogP contribution in [0.4, 0.5) is 0 Å². The van der Waals surface area contributed by atoms with Gasteiger partial charge in [-0.3, -0.25) is 0 Å². The van der Waals surface area contributed by atoms with Crippen molar-refractivity contribution in [1.29, 1.82) is 0 Å². The summed E-state index contributed by atoms with van der Waals surface area (Å²) in [6.45, 7) is 1.96. The molecule has 0 saturated heterocycles. The molecular formula is C15H16Cl2N2O2. The molecule has 0 bridgehead atoms. The van der Waals surface area contributed by atoms with Gasteiger partial charge in [0, 0.05) is 12.0 Å². The minimum atomic E-state index is 0.410. The maximum Gasteiger partial charge on any atom is 0.161 e. The Hall–Kier alpha value is -1.52. The van der Waals surface area contributed by atoms with E-state index in [-0.39, 0.29) is 0 Å². The quantitative estimate of drug-likeness (QED) is 0.780. The number of aromatic nitrogens is 2. The summed E-state index contributed by atoms with van der Waals surface area (Å²) in [5, 5.41) is 0.820. The fourth-order valence-electron chi connectivity index (χ4n) is 2.02. The molecule has 0 spiro atoms. The molecule has 0 saturated carbocycles. The summed E-state index contributed by atoms with van der Waals surface area (Å²) in [5.41, 5.74) is 1.76. The highest BCUT2D eigenvalue weighted by Gasteiger charge is 2.11. The van der Waals surface area contributed by atoms with Gasteiger partial charge in [-0.1, -0.05) is 36.2 Å². The number of halogens is 2. The van der Waals surface area contributed by atoms with Crippen LogP contribution >= 0.6 is 23.2 Å². The van der Waals surface area contributed by atoms with Gasteiger partial charge in [0.25, 0.3) is 0 Å². The fourth-order valence-corrected chi connectivity index (χ4v) is 2.71. The Bertz CT molecular complexity index is 625. The van der Waals surface area contributed by atoms with Crippen molar-refractivity contribution in [3.63, 3.8) is 0 Å². The van der Waals surface area contributed by atoms with Gasteiger partial charge in [-0.2, -0.15) is 0 Å². The van der Waals surface area contributed by atoms with Crippen LogP contribution in [0.15, 0.2) is 18.2 Å². The lowest BCUT2D eigenvalue weighted by Crippen LogP contribution is -2.02. The molecule has 0 unspecified atom stereocenters. The molecule has 1 aromatic carbocycles. The molecule has 1 aromatic heterocycles. The van der Waals surface area contributed by atoms with Crippen LogP contribution in [-0.4, -0.2) is 24.2 Å². The first-order chi connectivity index (χ1) is 10.1. The molecule has 0 N–H and O–H groups in total. The third-order valence-electron chi connectivity index (χ3n) is 3.12. The van der Waals surface area contributed by atoms with Crippen LogP contribution in [0.5, 0.6) is 11.5 Å². The highest BCUT2D eigenvalue weighted by Crippen LogP contribution is 2.29. The molecule has 0 radical (unpaired) electrons. The van der Waals surface area contributed by atoms with Crippen LogP contribution < -0.4 is 9.47 Å². The van der Waals surface area contributed by atoms with E-state index in [1.807, 2.05) is 25.1 Å². The molecule has 0 aliphatic rings. The van der Waals surface area contributed by atoms with Gasteiger partial charge in [0.1, 0.15) is 16.1 Å². The Labute approximate surface area is 134 Å². The van der Waals surface area contributed by atoms with E-state index >= 15 is 0 Å². The lowest BCUT2D eigenvalue weighted by Gasteiger charge is -2.10. The molecule has 21 heavy (non-hydrogen) atoms. The molecule has 1 heterocycles. The maximum absolute atomic E-state index is 6.13. The van der Waals surface area contributed by atoms with E-state index in [1.54, 1.807) is 14.2 Å². The van der Waals surface area contributed by atoms with Crippen LogP contribution in [0, 0.1) is 0 Å². The number of rotatable bonds is 5. The zero-order chi connectivity index (χ0) is 15.4. The molecule has 0 amide bonds. The Morgan fingerprint density at radius 1 is 1.00 bits per heavy atom. The lowest BCUT2D eigenvalue weighted by molar-refractivity contribution is 0.354. The summed E-state index contributed by atoms with van der Waals surface area (Å²) in [6.07, 6.45) is 1.22. The predicted molar refractivity (Wildman–Crippen MR) is 83.8 cm³/mol. The molecular weight excluding hydrogens is 311 g/mol. The molecule has 4 nitrogen and oxygen atoms in total. The molecule has 6 heteroatoms. The largest absolute Gasteiger partial charge is 0.493 e.